The van der Waals surface area contributed by atoms with Gasteiger partial charge in [-0.15, -0.1) is 0 Å². The van der Waals surface area contributed by atoms with Gasteiger partial charge in [0.05, 0.1) is 6.61 Å². The molecule has 3 aromatic rings. The molecule has 0 saturated heterocycles. The zero-order chi connectivity index (χ0) is 28.3. The van der Waals surface area contributed by atoms with Crippen LogP contribution in [0.5, 0.6) is 0 Å². The van der Waals surface area contributed by atoms with E-state index in [2.05, 4.69) is 56.0 Å². The van der Waals surface area contributed by atoms with E-state index in [1.54, 1.807) is 0 Å². The molecule has 2 aromatic carbocycles. The Morgan fingerprint density at radius 1 is 1.08 bits per heavy atom. The highest BCUT2D eigenvalue weighted by Gasteiger charge is 2.40. The van der Waals surface area contributed by atoms with Crippen molar-refractivity contribution in [1.82, 2.24) is 14.9 Å². The van der Waals surface area contributed by atoms with Gasteiger partial charge < -0.3 is 14.3 Å². The number of hydrogen-bond donors (Lipinski definition) is 1. The predicted molar refractivity (Wildman–Crippen MR) is 161 cm³/mol. The molecule has 4 rings (SSSR count). The molecule has 1 N–H and O–H groups in total. The molecule has 0 spiro atoms. The number of rotatable bonds is 9. The van der Waals surface area contributed by atoms with E-state index >= 15 is 0 Å². The molecule has 1 heterocycles. The van der Waals surface area contributed by atoms with Gasteiger partial charge in [0.2, 0.25) is 0 Å². The van der Waals surface area contributed by atoms with Crippen LogP contribution in [0.3, 0.4) is 0 Å². The first-order valence-corrected chi connectivity index (χ1v) is 17.0. The zero-order valence-corrected chi connectivity index (χ0v) is 25.5. The van der Waals surface area contributed by atoms with Crippen molar-refractivity contribution >= 4 is 25.8 Å². The number of nitrogens with one attached hydrogen (secondary N) is 1. The molecule has 1 fully saturated rings. The molecule has 1 saturated carbocycles. The summed E-state index contributed by atoms with van der Waals surface area (Å²) in [5.41, 5.74) is 1.56. The van der Waals surface area contributed by atoms with Gasteiger partial charge in [0, 0.05) is 35.2 Å². The lowest BCUT2D eigenvalue weighted by atomic mass is 9.78. The van der Waals surface area contributed by atoms with Gasteiger partial charge in [-0.1, -0.05) is 87.7 Å². The number of carbonyl (C=O) groups excluding carboxylic acids is 1. The Morgan fingerprint density at radius 3 is 2.33 bits per heavy atom. The lowest BCUT2D eigenvalue weighted by Crippen LogP contribution is -2.47. The van der Waals surface area contributed by atoms with Gasteiger partial charge in [0.1, 0.15) is 11.5 Å². The molecular weight excluding hydrogens is 526 g/mol. The number of amides is 1. The van der Waals surface area contributed by atoms with E-state index in [9.17, 15) is 9.59 Å². The zero-order valence-electron chi connectivity index (χ0n) is 23.7. The average Bonchev–Trinajstić information content (AvgIpc) is 3.37. The van der Waals surface area contributed by atoms with Crippen LogP contribution in [-0.2, 0) is 9.84 Å². The van der Waals surface area contributed by atoms with Crippen molar-refractivity contribution in [2.45, 2.75) is 70.0 Å². The summed E-state index contributed by atoms with van der Waals surface area (Å²) in [5.74, 6) is 0.134. The van der Waals surface area contributed by atoms with Gasteiger partial charge >= 0.3 is 0 Å². The molecule has 0 radical (unpaired) electrons. The number of benzene rings is 2. The first kappa shape index (κ1) is 29.2. The second-order valence-electron chi connectivity index (χ2n) is 12.2. The number of aromatic nitrogens is 2. The monoisotopic (exact) mass is 565 g/mol. The fraction of sp³-hybridized carbons (Fsp3) is 0.452. The summed E-state index contributed by atoms with van der Waals surface area (Å²) < 4.78 is 6.49. The smallest absolute Gasteiger partial charge is 0.272 e. The van der Waals surface area contributed by atoms with E-state index in [-0.39, 0.29) is 27.6 Å². The minimum absolute atomic E-state index is 0.0662. The summed E-state index contributed by atoms with van der Waals surface area (Å²) in [6, 6.07) is 18.7. The molecule has 0 aliphatic heterocycles. The number of nitrogens with zero attached hydrogens (tertiary/aromatic N) is 2. The van der Waals surface area contributed by atoms with Gasteiger partial charge in [-0.05, 0) is 48.7 Å². The quantitative estimate of drug-likeness (QED) is 0.282. The predicted octanol–water partition coefficient (Wildman–Crippen LogP) is 7.07. The first-order valence-electron chi connectivity index (χ1n) is 13.8. The Morgan fingerprint density at radius 2 is 1.72 bits per heavy atom. The first-order chi connectivity index (χ1) is 18.4. The van der Waals surface area contributed by atoms with Crippen LogP contribution in [0.2, 0.25) is 23.2 Å². The number of carbonyl (C=O) groups is 1. The van der Waals surface area contributed by atoms with E-state index < -0.39 is 8.32 Å². The number of hydrogen-bond acceptors (Lipinski definition) is 4. The van der Waals surface area contributed by atoms with Crippen LogP contribution in [0.15, 0.2) is 65.5 Å². The lowest BCUT2D eigenvalue weighted by Gasteiger charge is -2.39. The summed E-state index contributed by atoms with van der Waals surface area (Å²) in [4.78, 5) is 36.0. The van der Waals surface area contributed by atoms with Crippen molar-refractivity contribution in [3.05, 3.63) is 87.3 Å². The largest absolute Gasteiger partial charge is 0.415 e. The molecule has 208 valence electrons. The maximum atomic E-state index is 14.1. The van der Waals surface area contributed by atoms with Crippen LogP contribution in [0.4, 0.5) is 0 Å². The fourth-order valence-electron chi connectivity index (χ4n) is 5.10. The number of aromatic amines is 1. The molecule has 1 aromatic heterocycles. The fourth-order valence-corrected chi connectivity index (χ4v) is 6.26. The maximum Gasteiger partial charge on any atom is 0.272 e. The Kier molecular flexibility index (Phi) is 8.84. The molecule has 1 aliphatic carbocycles. The average molecular weight is 566 g/mol. The van der Waals surface area contributed by atoms with Crippen LogP contribution in [0, 0.1) is 0 Å². The van der Waals surface area contributed by atoms with Crippen molar-refractivity contribution in [1.29, 1.82) is 0 Å². The SMILES string of the molecule is CC(C)(C)[Si](C)(C)OCCN(CC1(c2ccc(Cl)cc2)CCCC1)C(=O)c1cc(=O)[nH]c(-c2ccccc2)n1. The lowest BCUT2D eigenvalue weighted by molar-refractivity contribution is 0.0670. The molecule has 0 unspecified atom stereocenters. The molecule has 0 atom stereocenters. The molecule has 1 aliphatic rings. The summed E-state index contributed by atoms with van der Waals surface area (Å²) in [6.07, 6.45) is 4.18. The normalized spacial score (nSPS) is 15.3. The van der Waals surface area contributed by atoms with Gasteiger partial charge in [-0.3, -0.25) is 9.59 Å². The highest BCUT2D eigenvalue weighted by molar-refractivity contribution is 6.74. The maximum absolute atomic E-state index is 14.1. The van der Waals surface area contributed by atoms with E-state index in [1.807, 2.05) is 47.4 Å². The third kappa shape index (κ3) is 6.89. The van der Waals surface area contributed by atoms with E-state index in [4.69, 9.17) is 16.0 Å². The minimum atomic E-state index is -2.00. The topological polar surface area (TPSA) is 75.3 Å². The second kappa shape index (κ2) is 11.8. The Labute approximate surface area is 237 Å². The van der Waals surface area contributed by atoms with Crippen LogP contribution in [-0.4, -0.2) is 48.8 Å². The van der Waals surface area contributed by atoms with Crippen molar-refractivity contribution in [3.8, 4) is 11.4 Å². The molecule has 1 amide bonds. The molecule has 6 nitrogen and oxygen atoms in total. The minimum Gasteiger partial charge on any atom is -0.415 e. The van der Waals surface area contributed by atoms with E-state index in [0.717, 1.165) is 31.2 Å². The second-order valence-corrected chi connectivity index (χ2v) is 17.4. The highest BCUT2D eigenvalue weighted by atomic mass is 35.5. The molecular formula is C31H40ClN3O3Si. The third-order valence-corrected chi connectivity index (χ3v) is 13.2. The molecule has 8 heteroatoms. The van der Waals surface area contributed by atoms with Crippen molar-refractivity contribution in [2.24, 2.45) is 0 Å². The van der Waals surface area contributed by atoms with Gasteiger partial charge in [0.15, 0.2) is 8.32 Å². The van der Waals surface area contributed by atoms with E-state index in [0.29, 0.717) is 30.5 Å². The van der Waals surface area contributed by atoms with Crippen molar-refractivity contribution in [2.75, 3.05) is 19.7 Å². The molecule has 39 heavy (non-hydrogen) atoms. The summed E-state index contributed by atoms with van der Waals surface area (Å²) in [5, 5.41) is 0.764. The molecule has 0 bridgehead atoms. The number of H-pyrrole nitrogens is 1. The highest BCUT2D eigenvalue weighted by Crippen LogP contribution is 2.42. The van der Waals surface area contributed by atoms with Gasteiger partial charge in [0.25, 0.3) is 11.5 Å². The summed E-state index contributed by atoms with van der Waals surface area (Å²) >= 11 is 6.21. The Bertz CT molecular complexity index is 1330. The summed E-state index contributed by atoms with van der Waals surface area (Å²) in [6.45, 7) is 12.5. The van der Waals surface area contributed by atoms with Gasteiger partial charge in [-0.25, -0.2) is 4.98 Å². The third-order valence-electron chi connectivity index (χ3n) is 8.44. The summed E-state index contributed by atoms with van der Waals surface area (Å²) in [7, 11) is -2.00. The Balaban J connectivity index is 1.67. The van der Waals surface area contributed by atoms with Crippen LogP contribution < -0.4 is 5.56 Å². The Hall–Kier alpha value is -2.74. The van der Waals surface area contributed by atoms with E-state index in [1.165, 1.54) is 11.6 Å². The van der Waals surface area contributed by atoms with Crippen molar-refractivity contribution in [3.63, 3.8) is 0 Å². The van der Waals surface area contributed by atoms with Crippen LogP contribution in [0.1, 0.15) is 62.5 Å². The van der Waals surface area contributed by atoms with Crippen LogP contribution >= 0.6 is 11.6 Å². The number of halogens is 1. The van der Waals surface area contributed by atoms with Gasteiger partial charge in [-0.2, -0.15) is 0 Å². The standard InChI is InChI=1S/C31H40ClN3O3Si/c1-30(2,3)39(4,5)38-20-19-35(22-31(17-9-10-18-31)24-13-15-25(32)16-14-24)29(37)26-21-27(36)34-28(33-26)23-11-7-6-8-12-23/h6-8,11-16,21H,9-10,17-20,22H2,1-5H3,(H,33,34,36). The van der Waals surface area contributed by atoms with Crippen LogP contribution in [0.25, 0.3) is 11.4 Å². The van der Waals surface area contributed by atoms with Crippen molar-refractivity contribution < 1.29 is 9.22 Å².